The Hall–Kier alpha value is -3.17. The van der Waals surface area contributed by atoms with Crippen LogP contribution in [0.1, 0.15) is 12.8 Å². The number of aromatic nitrogens is 2. The summed E-state index contributed by atoms with van der Waals surface area (Å²) in [6.07, 6.45) is 2.36. The average Bonchev–Trinajstić information content (AvgIpc) is 2.83. The minimum atomic E-state index is -0.493. The fraction of sp³-hybridized carbons (Fsp3) is 0.348. The third-order valence-electron chi connectivity index (χ3n) is 5.26. The second-order valence-corrected chi connectivity index (χ2v) is 7.87. The molecule has 174 valence electrons. The van der Waals surface area contributed by atoms with Crippen molar-refractivity contribution in [2.45, 2.75) is 12.8 Å². The summed E-state index contributed by atoms with van der Waals surface area (Å²) in [6, 6.07) is 7.83. The van der Waals surface area contributed by atoms with Crippen molar-refractivity contribution < 1.29 is 23.4 Å². The summed E-state index contributed by atoms with van der Waals surface area (Å²) < 4.78 is 30.9. The number of nitrogens with zero attached hydrogens (tertiary/aromatic N) is 3. The number of anilines is 2. The van der Waals surface area contributed by atoms with E-state index in [0.29, 0.717) is 79.0 Å². The van der Waals surface area contributed by atoms with Crippen LogP contribution in [0.4, 0.5) is 15.9 Å². The number of methoxy groups -OCH3 is 1. The van der Waals surface area contributed by atoms with Crippen molar-refractivity contribution in [3.8, 4) is 11.5 Å². The van der Waals surface area contributed by atoms with E-state index in [-0.39, 0.29) is 11.6 Å². The van der Waals surface area contributed by atoms with Gasteiger partial charge in [0.2, 0.25) is 5.91 Å². The quantitative estimate of drug-likeness (QED) is 0.490. The molecular weight excluding hydrogens is 451 g/mol. The minimum Gasteiger partial charge on any atom is -0.493 e. The summed E-state index contributed by atoms with van der Waals surface area (Å²) >= 11 is 5.83. The molecule has 2 heterocycles. The molecule has 1 amide bonds. The number of carbonyl (C=O) groups excluding carboxylic acids is 1. The second-order valence-electron chi connectivity index (χ2n) is 7.44. The molecule has 0 aliphatic carbocycles. The molecule has 0 radical (unpaired) electrons. The van der Waals surface area contributed by atoms with Gasteiger partial charge in [0, 0.05) is 36.0 Å². The maximum Gasteiger partial charge on any atom is 0.222 e. The van der Waals surface area contributed by atoms with Gasteiger partial charge in [-0.3, -0.25) is 4.79 Å². The van der Waals surface area contributed by atoms with Gasteiger partial charge in [-0.1, -0.05) is 11.6 Å². The van der Waals surface area contributed by atoms with Crippen molar-refractivity contribution in [1.82, 2.24) is 14.9 Å². The smallest absolute Gasteiger partial charge is 0.222 e. The van der Waals surface area contributed by atoms with E-state index in [1.54, 1.807) is 24.3 Å². The zero-order chi connectivity index (χ0) is 23.2. The first-order chi connectivity index (χ1) is 16.0. The number of morpholine rings is 1. The van der Waals surface area contributed by atoms with E-state index >= 15 is 0 Å². The van der Waals surface area contributed by atoms with Crippen molar-refractivity contribution in [2.24, 2.45) is 0 Å². The molecule has 1 aliphatic rings. The van der Waals surface area contributed by atoms with E-state index in [9.17, 15) is 9.18 Å². The molecule has 1 N–H and O–H groups in total. The molecule has 1 aliphatic heterocycles. The predicted molar refractivity (Wildman–Crippen MR) is 123 cm³/mol. The number of hydrogen-bond donors (Lipinski definition) is 1. The van der Waals surface area contributed by atoms with E-state index in [0.717, 1.165) is 0 Å². The summed E-state index contributed by atoms with van der Waals surface area (Å²) in [7, 11) is 1.53. The van der Waals surface area contributed by atoms with Gasteiger partial charge in [-0.2, -0.15) is 0 Å². The van der Waals surface area contributed by atoms with Crippen molar-refractivity contribution >= 4 is 39.9 Å². The van der Waals surface area contributed by atoms with Gasteiger partial charge in [0.1, 0.15) is 18.0 Å². The average molecular weight is 475 g/mol. The Morgan fingerprint density at radius 2 is 2.03 bits per heavy atom. The summed E-state index contributed by atoms with van der Waals surface area (Å²) in [5.41, 5.74) is 0.839. The molecule has 3 aromatic rings. The molecule has 1 fully saturated rings. The van der Waals surface area contributed by atoms with Gasteiger partial charge >= 0.3 is 0 Å². The lowest BCUT2D eigenvalue weighted by molar-refractivity contribution is -0.135. The Labute approximate surface area is 195 Å². The first kappa shape index (κ1) is 23.0. The number of halogens is 2. The molecule has 1 aromatic heterocycles. The lowest BCUT2D eigenvalue weighted by atomic mass is 10.2. The molecule has 4 rings (SSSR count). The number of nitrogens with one attached hydrogen (secondary N) is 1. The highest BCUT2D eigenvalue weighted by Gasteiger charge is 2.17. The maximum atomic E-state index is 14.2. The van der Waals surface area contributed by atoms with E-state index in [4.69, 9.17) is 25.8 Å². The molecule has 0 saturated carbocycles. The lowest BCUT2D eigenvalue weighted by Gasteiger charge is -2.26. The van der Waals surface area contributed by atoms with E-state index < -0.39 is 5.82 Å². The summed E-state index contributed by atoms with van der Waals surface area (Å²) in [6.45, 7) is 2.78. The van der Waals surface area contributed by atoms with Crippen LogP contribution in [-0.4, -0.2) is 60.8 Å². The third kappa shape index (κ3) is 5.61. The minimum absolute atomic E-state index is 0.102. The van der Waals surface area contributed by atoms with Crippen LogP contribution in [0.2, 0.25) is 5.02 Å². The van der Waals surface area contributed by atoms with Crippen LogP contribution in [-0.2, 0) is 9.53 Å². The fourth-order valence-corrected chi connectivity index (χ4v) is 3.69. The summed E-state index contributed by atoms with van der Waals surface area (Å²) in [4.78, 5) is 22.6. The summed E-state index contributed by atoms with van der Waals surface area (Å²) in [5.74, 6) is 1.02. The molecule has 33 heavy (non-hydrogen) atoms. The van der Waals surface area contributed by atoms with Crippen LogP contribution < -0.4 is 14.8 Å². The van der Waals surface area contributed by atoms with Crippen LogP contribution in [0.15, 0.2) is 36.7 Å². The highest BCUT2D eigenvalue weighted by molar-refractivity contribution is 6.30. The topological polar surface area (TPSA) is 85.8 Å². The first-order valence-corrected chi connectivity index (χ1v) is 11.0. The predicted octanol–water partition coefficient (Wildman–Crippen LogP) is 4.19. The maximum absolute atomic E-state index is 14.2. The SMILES string of the molecule is COc1cc2c(Nc3ccc(Cl)cc3F)ncnc2cc1OCCCC(=O)N1CCOCC1. The molecule has 0 bridgehead atoms. The Kier molecular flexibility index (Phi) is 7.41. The Morgan fingerprint density at radius 3 is 2.79 bits per heavy atom. The molecule has 8 nitrogen and oxygen atoms in total. The second kappa shape index (κ2) is 10.6. The van der Waals surface area contributed by atoms with E-state index in [2.05, 4.69) is 15.3 Å². The normalized spacial score (nSPS) is 13.7. The molecule has 10 heteroatoms. The van der Waals surface area contributed by atoms with Crippen molar-refractivity contribution in [2.75, 3.05) is 45.3 Å². The standard InChI is InChI=1S/C23H24ClFN4O4/c1-31-20-12-16-19(26-14-27-23(16)28-18-5-4-15(24)11-17(18)25)13-21(20)33-8-2-3-22(30)29-6-9-32-10-7-29/h4-5,11-14H,2-3,6-10H2,1H3,(H,26,27,28). The van der Waals surface area contributed by atoms with E-state index in [1.165, 1.54) is 19.5 Å². The van der Waals surface area contributed by atoms with Crippen LogP contribution in [0.25, 0.3) is 10.9 Å². The number of fused-ring (bicyclic) bond motifs is 1. The number of carbonyl (C=O) groups is 1. The number of amides is 1. The molecular formula is C23H24ClFN4O4. The van der Waals surface area contributed by atoms with Gasteiger partial charge in [0.05, 0.1) is 38.1 Å². The van der Waals surface area contributed by atoms with Gasteiger partial charge in [-0.05, 0) is 30.7 Å². The van der Waals surface area contributed by atoms with Crippen LogP contribution in [0, 0.1) is 5.82 Å². The third-order valence-corrected chi connectivity index (χ3v) is 5.50. The zero-order valence-corrected chi connectivity index (χ0v) is 18.9. The van der Waals surface area contributed by atoms with Crippen molar-refractivity contribution in [3.05, 3.63) is 47.5 Å². The van der Waals surface area contributed by atoms with Gasteiger partial charge < -0.3 is 24.4 Å². The molecule has 2 aromatic carbocycles. The fourth-order valence-electron chi connectivity index (χ4n) is 3.53. The Morgan fingerprint density at radius 1 is 1.21 bits per heavy atom. The molecule has 0 spiro atoms. The first-order valence-electron chi connectivity index (χ1n) is 10.6. The van der Waals surface area contributed by atoms with Gasteiger partial charge in [0.25, 0.3) is 0 Å². The van der Waals surface area contributed by atoms with Gasteiger partial charge in [-0.15, -0.1) is 0 Å². The Bertz CT molecular complexity index is 1140. The van der Waals surface area contributed by atoms with Crippen molar-refractivity contribution in [1.29, 1.82) is 0 Å². The molecule has 0 atom stereocenters. The largest absolute Gasteiger partial charge is 0.493 e. The highest BCUT2D eigenvalue weighted by atomic mass is 35.5. The number of ether oxygens (including phenoxy) is 3. The highest BCUT2D eigenvalue weighted by Crippen LogP contribution is 2.35. The van der Waals surface area contributed by atoms with Gasteiger partial charge in [0.15, 0.2) is 11.5 Å². The number of rotatable bonds is 8. The van der Waals surface area contributed by atoms with Crippen LogP contribution in [0.3, 0.4) is 0 Å². The molecule has 0 unspecified atom stereocenters. The number of benzene rings is 2. The number of hydrogen-bond acceptors (Lipinski definition) is 7. The zero-order valence-electron chi connectivity index (χ0n) is 18.1. The van der Waals surface area contributed by atoms with Crippen LogP contribution in [0.5, 0.6) is 11.5 Å². The molecule has 1 saturated heterocycles. The van der Waals surface area contributed by atoms with Crippen molar-refractivity contribution in [3.63, 3.8) is 0 Å². The van der Waals surface area contributed by atoms with Crippen LogP contribution >= 0.6 is 11.6 Å². The Balaban J connectivity index is 1.45. The summed E-state index contributed by atoms with van der Waals surface area (Å²) in [5, 5.41) is 3.92. The lowest BCUT2D eigenvalue weighted by Crippen LogP contribution is -2.40. The van der Waals surface area contributed by atoms with Gasteiger partial charge in [-0.25, -0.2) is 14.4 Å². The monoisotopic (exact) mass is 474 g/mol. The van der Waals surface area contributed by atoms with E-state index in [1.807, 2.05) is 4.90 Å².